The maximum atomic E-state index is 11.9. The maximum Gasteiger partial charge on any atom is 0.310 e. The molecule has 106 valence electrons. The molecule has 0 radical (unpaired) electrons. The normalized spacial score (nSPS) is 13.2. The molecule has 0 aliphatic rings. The lowest BCUT2D eigenvalue weighted by molar-refractivity contribution is -0.139. The summed E-state index contributed by atoms with van der Waals surface area (Å²) in [5, 5.41) is 9.15. The van der Waals surface area contributed by atoms with Gasteiger partial charge in [-0.2, -0.15) is 0 Å². The molecule has 0 bridgehead atoms. The fourth-order valence-corrected chi connectivity index (χ4v) is 3.34. The highest BCUT2D eigenvalue weighted by molar-refractivity contribution is 7.91. The van der Waals surface area contributed by atoms with Gasteiger partial charge in [0.25, 0.3) is 0 Å². The van der Waals surface area contributed by atoms with Gasteiger partial charge in [-0.15, -0.1) is 0 Å². The maximum absolute atomic E-state index is 11.9. The molecule has 1 aromatic carbocycles. The Morgan fingerprint density at radius 2 is 1.74 bits per heavy atom. The molecule has 1 unspecified atom stereocenters. The van der Waals surface area contributed by atoms with Crippen LogP contribution in [0.25, 0.3) is 0 Å². The average Bonchev–Trinajstić information content (AvgIpc) is 2.35. The molecule has 1 atom stereocenters. The van der Waals surface area contributed by atoms with Crippen LogP contribution in [0.3, 0.4) is 0 Å². The van der Waals surface area contributed by atoms with Crippen molar-refractivity contribution in [2.75, 3.05) is 5.75 Å². The first kappa shape index (κ1) is 15.7. The lowest BCUT2D eigenvalue weighted by atomic mass is 9.95. The molecule has 0 aliphatic carbocycles. The van der Waals surface area contributed by atoms with E-state index in [2.05, 4.69) is 0 Å². The molecule has 0 saturated carbocycles. The second-order valence-electron chi connectivity index (χ2n) is 4.57. The summed E-state index contributed by atoms with van der Waals surface area (Å²) in [6.07, 6.45) is 1.89. The van der Waals surface area contributed by atoms with Crippen molar-refractivity contribution in [1.29, 1.82) is 0 Å². The van der Waals surface area contributed by atoms with Crippen LogP contribution in [0, 0.1) is 0 Å². The Bertz CT molecular complexity index is 517. The summed E-state index contributed by atoms with van der Waals surface area (Å²) in [6, 6.07) is 6.23. The molecular weight excluding hydrogens is 264 g/mol. The van der Waals surface area contributed by atoms with Gasteiger partial charge in [0.2, 0.25) is 0 Å². The SMILES string of the molecule is CCCC(C(=O)O)c1ccc(S(=O)(=O)CCC)cc1. The molecule has 19 heavy (non-hydrogen) atoms. The monoisotopic (exact) mass is 284 g/mol. The third-order valence-corrected chi connectivity index (χ3v) is 4.93. The van der Waals surface area contributed by atoms with Gasteiger partial charge in [-0.3, -0.25) is 4.79 Å². The number of carboxylic acids is 1. The summed E-state index contributed by atoms with van der Waals surface area (Å²) in [4.78, 5) is 11.4. The van der Waals surface area contributed by atoms with E-state index in [0.717, 1.165) is 6.42 Å². The molecule has 1 N–H and O–H groups in total. The predicted octanol–water partition coefficient (Wildman–Crippen LogP) is 2.84. The Balaban J connectivity index is 3.01. The molecule has 4 nitrogen and oxygen atoms in total. The minimum absolute atomic E-state index is 0.115. The van der Waals surface area contributed by atoms with Gasteiger partial charge in [0, 0.05) is 0 Å². The van der Waals surface area contributed by atoms with E-state index in [1.807, 2.05) is 13.8 Å². The number of benzene rings is 1. The second kappa shape index (κ2) is 6.70. The smallest absolute Gasteiger partial charge is 0.310 e. The van der Waals surface area contributed by atoms with Gasteiger partial charge >= 0.3 is 5.97 Å². The molecule has 0 saturated heterocycles. The van der Waals surface area contributed by atoms with Crippen molar-refractivity contribution in [3.63, 3.8) is 0 Å². The highest BCUT2D eigenvalue weighted by atomic mass is 32.2. The van der Waals surface area contributed by atoms with Crippen molar-refractivity contribution < 1.29 is 18.3 Å². The van der Waals surface area contributed by atoms with Crippen LogP contribution in [-0.2, 0) is 14.6 Å². The summed E-state index contributed by atoms with van der Waals surface area (Å²) in [7, 11) is -3.23. The zero-order valence-corrected chi connectivity index (χ0v) is 12.1. The zero-order chi connectivity index (χ0) is 14.5. The number of carboxylic acid groups (broad SMARTS) is 1. The number of aliphatic carboxylic acids is 1. The number of hydrogen-bond acceptors (Lipinski definition) is 3. The van der Waals surface area contributed by atoms with E-state index in [1.165, 1.54) is 12.1 Å². The Labute approximate surface area is 114 Å². The number of carbonyl (C=O) groups is 1. The summed E-state index contributed by atoms with van der Waals surface area (Å²) in [5.74, 6) is -1.32. The van der Waals surface area contributed by atoms with Gasteiger partial charge in [0.05, 0.1) is 16.6 Å². The van der Waals surface area contributed by atoms with E-state index in [4.69, 9.17) is 5.11 Å². The van der Waals surface area contributed by atoms with Crippen LogP contribution in [0.4, 0.5) is 0 Å². The average molecular weight is 284 g/mol. The number of rotatable bonds is 7. The van der Waals surface area contributed by atoms with E-state index >= 15 is 0 Å². The fourth-order valence-electron chi connectivity index (χ4n) is 2.02. The third kappa shape index (κ3) is 4.06. The minimum atomic E-state index is -3.23. The van der Waals surface area contributed by atoms with Crippen LogP contribution < -0.4 is 0 Å². The van der Waals surface area contributed by atoms with E-state index in [0.29, 0.717) is 18.4 Å². The second-order valence-corrected chi connectivity index (χ2v) is 6.68. The van der Waals surface area contributed by atoms with Crippen molar-refractivity contribution in [3.8, 4) is 0 Å². The predicted molar refractivity (Wildman–Crippen MR) is 74.1 cm³/mol. The molecule has 0 aliphatic heterocycles. The van der Waals surface area contributed by atoms with Gasteiger partial charge in [-0.1, -0.05) is 32.4 Å². The van der Waals surface area contributed by atoms with Gasteiger partial charge in [0.1, 0.15) is 0 Å². The lowest BCUT2D eigenvalue weighted by Crippen LogP contribution is -2.12. The van der Waals surface area contributed by atoms with Gasteiger partial charge < -0.3 is 5.11 Å². The molecule has 5 heteroatoms. The van der Waals surface area contributed by atoms with E-state index in [1.54, 1.807) is 12.1 Å². The van der Waals surface area contributed by atoms with Crippen LogP contribution in [0.1, 0.15) is 44.6 Å². The van der Waals surface area contributed by atoms with Crippen molar-refractivity contribution >= 4 is 15.8 Å². The molecule has 1 aromatic rings. The molecule has 0 amide bonds. The Kier molecular flexibility index (Phi) is 5.54. The molecule has 0 heterocycles. The van der Waals surface area contributed by atoms with Crippen molar-refractivity contribution in [2.24, 2.45) is 0 Å². The Hall–Kier alpha value is -1.36. The molecule has 0 aromatic heterocycles. The summed E-state index contributed by atoms with van der Waals surface area (Å²) >= 11 is 0. The Morgan fingerprint density at radius 1 is 1.16 bits per heavy atom. The van der Waals surface area contributed by atoms with Crippen LogP contribution in [0.5, 0.6) is 0 Å². The standard InChI is InChI=1S/C14H20O4S/c1-3-5-13(14(15)16)11-6-8-12(9-7-11)19(17,18)10-4-2/h6-9,13H,3-5,10H2,1-2H3,(H,15,16). The Morgan fingerprint density at radius 3 is 2.16 bits per heavy atom. The first-order chi connectivity index (χ1) is 8.92. The first-order valence-electron chi connectivity index (χ1n) is 6.48. The lowest BCUT2D eigenvalue weighted by Gasteiger charge is -2.12. The van der Waals surface area contributed by atoms with Crippen LogP contribution in [0.2, 0.25) is 0 Å². The van der Waals surface area contributed by atoms with E-state index < -0.39 is 21.7 Å². The molecule has 0 spiro atoms. The van der Waals surface area contributed by atoms with Gasteiger partial charge in [0.15, 0.2) is 9.84 Å². The summed E-state index contributed by atoms with van der Waals surface area (Å²) in [5.41, 5.74) is 0.657. The van der Waals surface area contributed by atoms with Crippen LogP contribution in [-0.4, -0.2) is 25.2 Å². The summed E-state index contributed by atoms with van der Waals surface area (Å²) in [6.45, 7) is 3.74. The molecular formula is C14H20O4S. The van der Waals surface area contributed by atoms with Gasteiger partial charge in [-0.25, -0.2) is 8.42 Å². The van der Waals surface area contributed by atoms with Crippen LogP contribution >= 0.6 is 0 Å². The topological polar surface area (TPSA) is 71.4 Å². The van der Waals surface area contributed by atoms with Gasteiger partial charge in [-0.05, 0) is 30.5 Å². The van der Waals surface area contributed by atoms with Crippen molar-refractivity contribution in [3.05, 3.63) is 29.8 Å². The number of sulfone groups is 1. The largest absolute Gasteiger partial charge is 0.481 e. The van der Waals surface area contributed by atoms with E-state index in [-0.39, 0.29) is 10.6 Å². The molecule has 1 rings (SSSR count). The molecule has 0 fully saturated rings. The zero-order valence-electron chi connectivity index (χ0n) is 11.3. The van der Waals surface area contributed by atoms with Crippen molar-refractivity contribution in [1.82, 2.24) is 0 Å². The highest BCUT2D eigenvalue weighted by Crippen LogP contribution is 2.23. The summed E-state index contributed by atoms with van der Waals surface area (Å²) < 4.78 is 23.7. The first-order valence-corrected chi connectivity index (χ1v) is 8.13. The highest BCUT2D eigenvalue weighted by Gasteiger charge is 2.20. The third-order valence-electron chi connectivity index (χ3n) is 2.99. The van der Waals surface area contributed by atoms with E-state index in [9.17, 15) is 13.2 Å². The minimum Gasteiger partial charge on any atom is -0.481 e. The number of hydrogen-bond donors (Lipinski definition) is 1. The fraction of sp³-hybridized carbons (Fsp3) is 0.500. The van der Waals surface area contributed by atoms with Crippen LogP contribution in [0.15, 0.2) is 29.2 Å². The van der Waals surface area contributed by atoms with Crippen molar-refractivity contribution in [2.45, 2.75) is 43.9 Å². The quantitative estimate of drug-likeness (QED) is 0.835.